The van der Waals surface area contributed by atoms with Gasteiger partial charge in [0.25, 0.3) is 5.91 Å². The van der Waals surface area contributed by atoms with Gasteiger partial charge in [-0.2, -0.15) is 13.2 Å². The van der Waals surface area contributed by atoms with Gasteiger partial charge in [-0.25, -0.2) is 4.79 Å². The Morgan fingerprint density at radius 3 is 2.37 bits per heavy atom. The topological polar surface area (TPSA) is 72.9 Å². The van der Waals surface area contributed by atoms with Crippen LogP contribution in [0, 0.1) is 5.92 Å². The molecule has 206 valence electrons. The molecule has 6 nitrogen and oxygen atoms in total. The fourth-order valence-electron chi connectivity index (χ4n) is 4.14. The van der Waals surface area contributed by atoms with E-state index in [0.29, 0.717) is 0 Å². The molecule has 1 amide bonds. The summed E-state index contributed by atoms with van der Waals surface area (Å²) in [6.45, 7) is 11.3. The van der Waals surface area contributed by atoms with E-state index in [1.807, 2.05) is 36.4 Å². The lowest BCUT2D eigenvalue weighted by molar-refractivity contribution is -0.192. The fraction of sp³-hybridized carbons (Fsp3) is 0.429. The normalized spacial score (nSPS) is 15.1. The molecule has 1 aromatic heterocycles. The number of fused-ring (bicyclic) bond motifs is 1. The quantitative estimate of drug-likeness (QED) is 0.360. The van der Waals surface area contributed by atoms with Crippen LogP contribution in [-0.4, -0.2) is 65.7 Å². The molecule has 4 rings (SSSR count). The molecule has 0 saturated carbocycles. The second kappa shape index (κ2) is 13.7. The Bertz CT molecular complexity index is 1180. The third kappa shape index (κ3) is 9.41. The molecule has 2 heterocycles. The van der Waals surface area contributed by atoms with E-state index in [1.54, 1.807) is 11.3 Å². The minimum Gasteiger partial charge on any atom is -0.475 e. The molecule has 2 aromatic carbocycles. The molecule has 0 atom stereocenters. The Morgan fingerprint density at radius 2 is 1.68 bits per heavy atom. The zero-order chi connectivity index (χ0) is 27.7. The lowest BCUT2D eigenvalue weighted by Crippen LogP contribution is -2.31. The first-order chi connectivity index (χ1) is 18.0. The van der Waals surface area contributed by atoms with E-state index in [-0.39, 0.29) is 5.91 Å². The minimum absolute atomic E-state index is 0.0334. The van der Waals surface area contributed by atoms with Crippen molar-refractivity contribution in [2.24, 2.45) is 5.92 Å². The van der Waals surface area contributed by atoms with Gasteiger partial charge in [0.15, 0.2) is 0 Å². The number of hydrogen-bond donors (Lipinski definition) is 2. The molecule has 0 radical (unpaired) electrons. The molecule has 0 aliphatic carbocycles. The van der Waals surface area contributed by atoms with E-state index in [1.165, 1.54) is 31.5 Å². The van der Waals surface area contributed by atoms with Crippen molar-refractivity contribution in [2.45, 2.75) is 39.4 Å². The molecule has 10 heteroatoms. The lowest BCUT2D eigenvalue weighted by Gasteiger charge is -2.22. The van der Waals surface area contributed by atoms with E-state index < -0.39 is 12.1 Å². The number of benzene rings is 2. The lowest BCUT2D eigenvalue weighted by atomic mass is 10.1. The molecule has 3 aromatic rings. The average Bonchev–Trinajstić information content (AvgIpc) is 3.17. The van der Waals surface area contributed by atoms with Gasteiger partial charge in [0.05, 0.1) is 4.88 Å². The summed E-state index contributed by atoms with van der Waals surface area (Å²) in [5.41, 5.74) is 2.12. The maximum atomic E-state index is 12.8. The maximum absolute atomic E-state index is 12.8. The Balaban J connectivity index is 0.000000505. The van der Waals surface area contributed by atoms with Crippen LogP contribution in [0.3, 0.4) is 0 Å². The first kappa shape index (κ1) is 29.6. The number of thiophene rings is 1. The summed E-state index contributed by atoms with van der Waals surface area (Å²) in [5.74, 6) is -2.02. The highest BCUT2D eigenvalue weighted by atomic mass is 32.1. The highest BCUT2D eigenvalue weighted by molar-refractivity contribution is 7.20. The van der Waals surface area contributed by atoms with Gasteiger partial charge < -0.3 is 15.3 Å². The highest BCUT2D eigenvalue weighted by Gasteiger charge is 2.38. The number of anilines is 1. The van der Waals surface area contributed by atoms with Crippen LogP contribution in [0.15, 0.2) is 54.6 Å². The van der Waals surface area contributed by atoms with Crippen molar-refractivity contribution in [1.82, 2.24) is 9.80 Å². The van der Waals surface area contributed by atoms with Crippen LogP contribution in [0.25, 0.3) is 10.1 Å². The molecule has 0 spiro atoms. The highest BCUT2D eigenvalue weighted by Crippen LogP contribution is 2.26. The van der Waals surface area contributed by atoms with Gasteiger partial charge in [0.2, 0.25) is 0 Å². The zero-order valence-corrected chi connectivity index (χ0v) is 22.4. The Kier molecular flexibility index (Phi) is 10.7. The molecular weight excluding hydrogens is 515 g/mol. The van der Waals surface area contributed by atoms with Gasteiger partial charge >= 0.3 is 12.1 Å². The largest absolute Gasteiger partial charge is 0.490 e. The fourth-order valence-corrected chi connectivity index (χ4v) is 5.10. The molecule has 1 aliphatic rings. The summed E-state index contributed by atoms with van der Waals surface area (Å²) in [6, 6.07) is 18.4. The molecule has 2 N–H and O–H groups in total. The van der Waals surface area contributed by atoms with E-state index >= 15 is 0 Å². The summed E-state index contributed by atoms with van der Waals surface area (Å²) < 4.78 is 32.9. The molecule has 1 aliphatic heterocycles. The Labute approximate surface area is 225 Å². The van der Waals surface area contributed by atoms with Crippen LogP contribution in [0.4, 0.5) is 18.9 Å². The Morgan fingerprint density at radius 1 is 1.00 bits per heavy atom. The molecule has 1 saturated heterocycles. The van der Waals surface area contributed by atoms with Gasteiger partial charge in [0, 0.05) is 30.0 Å². The van der Waals surface area contributed by atoms with Gasteiger partial charge in [-0.3, -0.25) is 9.69 Å². The first-order valence-electron chi connectivity index (χ1n) is 12.6. The number of nitrogens with zero attached hydrogens (tertiary/aromatic N) is 2. The monoisotopic (exact) mass is 549 g/mol. The van der Waals surface area contributed by atoms with E-state index in [4.69, 9.17) is 9.90 Å². The number of carboxylic acids is 1. The number of nitrogens with one attached hydrogen (secondary N) is 1. The second-order valence-electron chi connectivity index (χ2n) is 9.76. The van der Waals surface area contributed by atoms with Crippen molar-refractivity contribution in [3.05, 3.63) is 65.0 Å². The first-order valence-corrected chi connectivity index (χ1v) is 13.5. The average molecular weight is 550 g/mol. The van der Waals surface area contributed by atoms with Crippen LogP contribution in [0.1, 0.15) is 41.9 Å². The van der Waals surface area contributed by atoms with Crippen LogP contribution in [0.5, 0.6) is 0 Å². The van der Waals surface area contributed by atoms with Crippen molar-refractivity contribution in [2.75, 3.05) is 38.0 Å². The minimum atomic E-state index is -5.08. The van der Waals surface area contributed by atoms with Gasteiger partial charge in [-0.15, -0.1) is 11.3 Å². The molecule has 38 heavy (non-hydrogen) atoms. The number of amides is 1. The number of halogens is 3. The number of carboxylic acid groups (broad SMARTS) is 1. The smallest absolute Gasteiger partial charge is 0.475 e. The molecular formula is C28H34F3N3O3S. The molecule has 1 fully saturated rings. The predicted molar refractivity (Wildman–Crippen MR) is 146 cm³/mol. The predicted octanol–water partition coefficient (Wildman–Crippen LogP) is 6.34. The van der Waals surface area contributed by atoms with Crippen LogP contribution >= 0.6 is 11.3 Å². The number of carbonyl (C=O) groups excluding carboxylic acids is 1. The van der Waals surface area contributed by atoms with Crippen molar-refractivity contribution in [1.29, 1.82) is 0 Å². The standard InChI is InChI=1S/C26H33N3OS.C2HF3O2/c1-20(2)11-14-28-12-6-13-29(16-15-28)19-21-7-5-9-23(17-21)27-26(30)25-18-22-8-3-4-10-24(22)31-25;3-2(4,5)1(6)7/h3-5,7-10,17-18,20H,6,11-16,19H2,1-2H3,(H,27,30);(H,6,7). The van der Waals surface area contributed by atoms with Crippen LogP contribution < -0.4 is 5.32 Å². The van der Waals surface area contributed by atoms with Crippen molar-refractivity contribution in [3.63, 3.8) is 0 Å². The number of aliphatic carboxylic acids is 1. The van der Waals surface area contributed by atoms with Gasteiger partial charge in [-0.1, -0.05) is 44.2 Å². The molecule has 0 unspecified atom stereocenters. The Hall–Kier alpha value is -2.95. The van der Waals surface area contributed by atoms with E-state index in [2.05, 4.69) is 47.2 Å². The zero-order valence-electron chi connectivity index (χ0n) is 21.6. The maximum Gasteiger partial charge on any atom is 0.490 e. The van der Waals surface area contributed by atoms with Crippen molar-refractivity contribution < 1.29 is 27.9 Å². The summed E-state index contributed by atoms with van der Waals surface area (Å²) in [6.07, 6.45) is -2.58. The van der Waals surface area contributed by atoms with Crippen molar-refractivity contribution in [3.8, 4) is 0 Å². The summed E-state index contributed by atoms with van der Waals surface area (Å²) in [5, 5.41) is 11.3. The third-order valence-electron chi connectivity index (χ3n) is 6.19. The summed E-state index contributed by atoms with van der Waals surface area (Å²) in [4.78, 5) is 27.6. The van der Waals surface area contributed by atoms with E-state index in [9.17, 15) is 18.0 Å². The number of carbonyl (C=O) groups is 2. The summed E-state index contributed by atoms with van der Waals surface area (Å²) in [7, 11) is 0. The molecule has 0 bridgehead atoms. The number of rotatable bonds is 7. The van der Waals surface area contributed by atoms with E-state index in [0.717, 1.165) is 52.7 Å². The summed E-state index contributed by atoms with van der Waals surface area (Å²) >= 11 is 1.54. The van der Waals surface area contributed by atoms with Crippen molar-refractivity contribution >= 4 is 39.0 Å². The SMILES string of the molecule is CC(C)CCN1CCCN(Cc2cccc(NC(=O)c3cc4ccccc4s3)c2)CC1.O=C(O)C(F)(F)F. The van der Waals surface area contributed by atoms with Crippen LogP contribution in [0.2, 0.25) is 0 Å². The third-order valence-corrected chi connectivity index (χ3v) is 7.30. The number of alkyl halides is 3. The van der Waals surface area contributed by atoms with Gasteiger partial charge in [0.1, 0.15) is 0 Å². The van der Waals surface area contributed by atoms with Gasteiger partial charge in [-0.05, 0) is 73.6 Å². The second-order valence-corrected chi connectivity index (χ2v) is 10.8. The number of hydrogen-bond acceptors (Lipinski definition) is 5. The van der Waals surface area contributed by atoms with Crippen LogP contribution in [-0.2, 0) is 11.3 Å².